The van der Waals surface area contributed by atoms with E-state index in [0.29, 0.717) is 5.92 Å². The lowest BCUT2D eigenvalue weighted by Crippen LogP contribution is -2.27. The van der Waals surface area contributed by atoms with Gasteiger partial charge in [0, 0.05) is 17.4 Å². The molecule has 0 saturated heterocycles. The lowest BCUT2D eigenvalue weighted by atomic mass is 9.83. The number of hydrogen-bond donors (Lipinski definition) is 0. The molecule has 0 radical (unpaired) electrons. The van der Waals surface area contributed by atoms with E-state index >= 15 is 0 Å². The van der Waals surface area contributed by atoms with Crippen LogP contribution < -0.4 is 4.74 Å². The van der Waals surface area contributed by atoms with Crippen LogP contribution in [0.4, 0.5) is 0 Å². The molecule has 1 aromatic heterocycles. The second-order valence-corrected chi connectivity index (χ2v) is 5.36. The predicted octanol–water partition coefficient (Wildman–Crippen LogP) is 3.52. The van der Waals surface area contributed by atoms with Gasteiger partial charge in [0.2, 0.25) is 0 Å². The maximum absolute atomic E-state index is 5.69. The zero-order chi connectivity index (χ0) is 11.3. The summed E-state index contributed by atoms with van der Waals surface area (Å²) in [5, 5.41) is 0.955. The van der Waals surface area contributed by atoms with E-state index in [-0.39, 0.29) is 5.41 Å². The third-order valence-electron chi connectivity index (χ3n) is 2.50. The predicted molar refractivity (Wildman–Crippen MR) is 66.5 cm³/mol. The van der Waals surface area contributed by atoms with Crippen LogP contribution in [0.3, 0.4) is 0 Å². The number of rotatable bonds is 4. The highest BCUT2D eigenvalue weighted by Crippen LogP contribution is 2.28. The molecular formula is C12H18BrNO. The second kappa shape index (κ2) is 5.50. The van der Waals surface area contributed by atoms with E-state index in [1.807, 2.05) is 12.1 Å². The third kappa shape index (κ3) is 4.20. The molecule has 0 aromatic carbocycles. The SMILES string of the molecule is CC(C)(C)C(CBr)COc1cccnc1. The molecule has 1 unspecified atom stereocenters. The molecule has 0 amide bonds. The van der Waals surface area contributed by atoms with Gasteiger partial charge in [-0.2, -0.15) is 0 Å². The summed E-state index contributed by atoms with van der Waals surface area (Å²) in [4.78, 5) is 4.01. The molecule has 84 valence electrons. The minimum Gasteiger partial charge on any atom is -0.492 e. The molecule has 0 fully saturated rings. The normalized spacial score (nSPS) is 13.6. The van der Waals surface area contributed by atoms with E-state index < -0.39 is 0 Å². The van der Waals surface area contributed by atoms with Crippen molar-refractivity contribution in [3.05, 3.63) is 24.5 Å². The standard InChI is InChI=1S/C12H18BrNO/c1-12(2,3)10(7-13)9-15-11-5-4-6-14-8-11/h4-6,8,10H,7,9H2,1-3H3. The summed E-state index contributed by atoms with van der Waals surface area (Å²) in [7, 11) is 0. The van der Waals surface area contributed by atoms with Crippen molar-refractivity contribution in [2.24, 2.45) is 11.3 Å². The lowest BCUT2D eigenvalue weighted by Gasteiger charge is -2.28. The van der Waals surface area contributed by atoms with Crippen LogP contribution >= 0.6 is 15.9 Å². The van der Waals surface area contributed by atoms with Crippen molar-refractivity contribution in [1.29, 1.82) is 0 Å². The highest BCUT2D eigenvalue weighted by molar-refractivity contribution is 9.09. The number of pyridine rings is 1. The molecule has 15 heavy (non-hydrogen) atoms. The molecule has 3 heteroatoms. The van der Waals surface area contributed by atoms with Gasteiger partial charge in [0.05, 0.1) is 12.8 Å². The van der Waals surface area contributed by atoms with Gasteiger partial charge < -0.3 is 4.74 Å². The Morgan fingerprint density at radius 2 is 2.20 bits per heavy atom. The molecule has 0 aliphatic carbocycles. The van der Waals surface area contributed by atoms with Crippen molar-refractivity contribution in [2.45, 2.75) is 20.8 Å². The smallest absolute Gasteiger partial charge is 0.137 e. The number of aromatic nitrogens is 1. The Balaban J connectivity index is 2.49. The molecular weight excluding hydrogens is 254 g/mol. The van der Waals surface area contributed by atoms with Crippen LogP contribution in [0.25, 0.3) is 0 Å². The van der Waals surface area contributed by atoms with Gasteiger partial charge >= 0.3 is 0 Å². The molecule has 0 aliphatic rings. The Kier molecular flexibility index (Phi) is 4.58. The van der Waals surface area contributed by atoms with Gasteiger partial charge in [-0.05, 0) is 17.5 Å². The quantitative estimate of drug-likeness (QED) is 0.782. The van der Waals surface area contributed by atoms with Crippen molar-refractivity contribution in [3.8, 4) is 5.75 Å². The summed E-state index contributed by atoms with van der Waals surface area (Å²) in [5.74, 6) is 1.34. The number of alkyl halides is 1. The van der Waals surface area contributed by atoms with Crippen LogP contribution in [0.15, 0.2) is 24.5 Å². The largest absolute Gasteiger partial charge is 0.492 e. The van der Waals surface area contributed by atoms with Gasteiger partial charge in [0.15, 0.2) is 0 Å². The molecule has 1 heterocycles. The maximum atomic E-state index is 5.69. The van der Waals surface area contributed by atoms with Crippen LogP contribution in [-0.2, 0) is 0 Å². The summed E-state index contributed by atoms with van der Waals surface area (Å²) in [6.45, 7) is 7.41. The molecule has 0 saturated carbocycles. The van der Waals surface area contributed by atoms with Crippen LogP contribution in [0, 0.1) is 11.3 Å². The van der Waals surface area contributed by atoms with E-state index in [1.165, 1.54) is 0 Å². The molecule has 0 spiro atoms. The third-order valence-corrected chi connectivity index (χ3v) is 3.28. The zero-order valence-corrected chi connectivity index (χ0v) is 11.1. The Morgan fingerprint density at radius 1 is 1.47 bits per heavy atom. The number of halogens is 1. The van der Waals surface area contributed by atoms with Gasteiger partial charge in [-0.15, -0.1) is 0 Å². The Morgan fingerprint density at radius 3 is 2.67 bits per heavy atom. The van der Waals surface area contributed by atoms with Crippen LogP contribution in [0.5, 0.6) is 5.75 Å². The first-order chi connectivity index (χ1) is 7.04. The monoisotopic (exact) mass is 271 g/mol. The fourth-order valence-electron chi connectivity index (χ4n) is 1.16. The average molecular weight is 272 g/mol. The van der Waals surface area contributed by atoms with Crippen molar-refractivity contribution < 1.29 is 4.74 Å². The Hall–Kier alpha value is -0.570. The second-order valence-electron chi connectivity index (χ2n) is 4.72. The van der Waals surface area contributed by atoms with E-state index in [4.69, 9.17) is 4.74 Å². The molecule has 0 N–H and O–H groups in total. The molecule has 2 nitrogen and oxygen atoms in total. The van der Waals surface area contributed by atoms with Crippen molar-refractivity contribution in [3.63, 3.8) is 0 Å². The van der Waals surface area contributed by atoms with Gasteiger partial charge in [-0.25, -0.2) is 0 Å². The Bertz CT molecular complexity index is 281. The average Bonchev–Trinajstić information content (AvgIpc) is 2.18. The van der Waals surface area contributed by atoms with Gasteiger partial charge in [0.1, 0.15) is 5.75 Å². The molecule has 0 aliphatic heterocycles. The summed E-state index contributed by atoms with van der Waals surface area (Å²) in [6, 6.07) is 3.82. The summed E-state index contributed by atoms with van der Waals surface area (Å²) < 4.78 is 5.69. The lowest BCUT2D eigenvalue weighted by molar-refractivity contribution is 0.165. The molecule has 1 atom stereocenters. The minimum atomic E-state index is 0.256. The number of nitrogens with zero attached hydrogens (tertiary/aromatic N) is 1. The fourth-order valence-corrected chi connectivity index (χ4v) is 2.31. The summed E-state index contributed by atoms with van der Waals surface area (Å²) >= 11 is 3.53. The van der Waals surface area contributed by atoms with Gasteiger partial charge in [-0.3, -0.25) is 4.98 Å². The first-order valence-electron chi connectivity index (χ1n) is 5.13. The Labute approximate surface area is 100 Å². The van der Waals surface area contributed by atoms with E-state index in [0.717, 1.165) is 17.7 Å². The summed E-state index contributed by atoms with van der Waals surface area (Å²) in [5.41, 5.74) is 0.256. The van der Waals surface area contributed by atoms with Crippen molar-refractivity contribution in [1.82, 2.24) is 4.98 Å². The zero-order valence-electron chi connectivity index (χ0n) is 9.53. The van der Waals surface area contributed by atoms with Crippen LogP contribution in [0.1, 0.15) is 20.8 Å². The van der Waals surface area contributed by atoms with E-state index in [1.54, 1.807) is 12.4 Å². The topological polar surface area (TPSA) is 22.1 Å². The molecule has 1 rings (SSSR count). The van der Waals surface area contributed by atoms with Gasteiger partial charge in [-0.1, -0.05) is 36.7 Å². The van der Waals surface area contributed by atoms with Crippen LogP contribution in [-0.4, -0.2) is 16.9 Å². The summed E-state index contributed by atoms with van der Waals surface area (Å²) in [6.07, 6.45) is 3.49. The minimum absolute atomic E-state index is 0.256. The molecule has 1 aromatic rings. The molecule has 0 bridgehead atoms. The first kappa shape index (κ1) is 12.5. The number of ether oxygens (including phenoxy) is 1. The maximum Gasteiger partial charge on any atom is 0.137 e. The first-order valence-corrected chi connectivity index (χ1v) is 6.25. The van der Waals surface area contributed by atoms with E-state index in [9.17, 15) is 0 Å². The fraction of sp³-hybridized carbons (Fsp3) is 0.583. The number of hydrogen-bond acceptors (Lipinski definition) is 2. The van der Waals surface area contributed by atoms with Gasteiger partial charge in [0.25, 0.3) is 0 Å². The highest BCUT2D eigenvalue weighted by Gasteiger charge is 2.24. The van der Waals surface area contributed by atoms with Crippen LogP contribution in [0.2, 0.25) is 0 Å². The van der Waals surface area contributed by atoms with Crippen molar-refractivity contribution >= 4 is 15.9 Å². The highest BCUT2D eigenvalue weighted by atomic mass is 79.9. The van der Waals surface area contributed by atoms with Crippen molar-refractivity contribution in [2.75, 3.05) is 11.9 Å². The van der Waals surface area contributed by atoms with E-state index in [2.05, 4.69) is 41.7 Å².